The minimum Gasteiger partial charge on any atom is -0.387 e. The third-order valence-electron chi connectivity index (χ3n) is 5.56. The fraction of sp³-hybridized carbons (Fsp3) is 0.458. The molecule has 0 saturated carbocycles. The molecule has 0 radical (unpaired) electrons. The lowest BCUT2D eigenvalue weighted by molar-refractivity contribution is -0.129. The minimum absolute atomic E-state index is 0.311. The molecule has 0 amide bonds. The molecule has 178 valence electrons. The lowest BCUT2D eigenvalue weighted by Gasteiger charge is -2.34. The second-order valence-electron chi connectivity index (χ2n) is 8.21. The van der Waals surface area contributed by atoms with Gasteiger partial charge in [0.1, 0.15) is 0 Å². The summed E-state index contributed by atoms with van der Waals surface area (Å²) in [5.41, 5.74) is 1.97. The highest BCUT2D eigenvalue weighted by Gasteiger charge is 2.35. The van der Waals surface area contributed by atoms with E-state index < -0.39 is 25.5 Å². The third kappa shape index (κ3) is 6.97. The lowest BCUT2D eigenvalue weighted by Crippen LogP contribution is -2.29. The van der Waals surface area contributed by atoms with E-state index in [9.17, 15) is 13.2 Å². The van der Waals surface area contributed by atoms with Gasteiger partial charge in [-0.1, -0.05) is 44.4 Å². The topological polar surface area (TPSA) is 24.1 Å². The third-order valence-corrected chi connectivity index (χ3v) is 9.82. The van der Waals surface area contributed by atoms with Crippen molar-refractivity contribution in [1.82, 2.24) is 10.4 Å². The first-order valence-corrected chi connectivity index (χ1v) is 13.7. The zero-order chi connectivity index (χ0) is 24.1. The van der Waals surface area contributed by atoms with Crippen molar-refractivity contribution < 1.29 is 17.6 Å². The number of nitrogens with one attached hydrogen (secondary N) is 2. The van der Waals surface area contributed by atoms with Crippen LogP contribution in [0.25, 0.3) is 15.8 Å². The molecule has 3 atom stereocenters. The number of unbranched alkanes of at least 4 members (excludes halogenated alkanes) is 1. The van der Waals surface area contributed by atoms with Crippen LogP contribution in [0.5, 0.6) is 0 Å². The molecule has 0 fully saturated rings. The summed E-state index contributed by atoms with van der Waals surface area (Å²) < 4.78 is 56.0. The SMILES string of the molecule is C=C(NC)c1cc2cc(C(F)P(=C)(CCC(F)(F)F)NC(C)C(=C)CCCC)ccc2s1. The summed E-state index contributed by atoms with van der Waals surface area (Å²) in [6, 6.07) is 6.78. The van der Waals surface area contributed by atoms with Crippen LogP contribution in [-0.2, 0) is 0 Å². The average molecular weight is 489 g/mol. The molecule has 2 rings (SSSR count). The highest BCUT2D eigenvalue weighted by Crippen LogP contribution is 2.58. The molecule has 0 saturated heterocycles. The number of halogens is 4. The number of thiophene rings is 1. The molecular formula is C24H33F4N2PS. The van der Waals surface area contributed by atoms with E-state index in [1.54, 1.807) is 19.2 Å². The summed E-state index contributed by atoms with van der Waals surface area (Å²) in [4.78, 5) is 0.932. The summed E-state index contributed by atoms with van der Waals surface area (Å²) >= 11 is 1.53. The highest BCUT2D eigenvalue weighted by atomic mass is 32.1. The van der Waals surface area contributed by atoms with Crippen molar-refractivity contribution in [3.8, 4) is 0 Å². The standard InChI is InChI=1S/C24H33F4N2PS/c1-7-8-9-16(2)17(3)30-31(6,13-12-24(26,27)28)23(25)19-10-11-21-20(14-19)15-22(32-21)18(4)29-5/h10-11,14-15,17,23,29-30H,2,4,6-9,12-13H2,1,3,5H3. The van der Waals surface area contributed by atoms with Gasteiger partial charge in [-0.3, -0.25) is 5.09 Å². The van der Waals surface area contributed by atoms with Crippen LogP contribution >= 0.6 is 18.4 Å². The van der Waals surface area contributed by atoms with E-state index in [4.69, 9.17) is 0 Å². The molecular weight excluding hydrogens is 455 g/mol. The Balaban J connectivity index is 2.35. The van der Waals surface area contributed by atoms with Crippen LogP contribution in [0, 0.1) is 0 Å². The predicted molar refractivity (Wildman–Crippen MR) is 135 cm³/mol. The maximum Gasteiger partial charge on any atom is 0.389 e. The van der Waals surface area contributed by atoms with Crippen LogP contribution < -0.4 is 10.4 Å². The van der Waals surface area contributed by atoms with Crippen LogP contribution in [0.15, 0.2) is 43.0 Å². The molecule has 2 N–H and O–H groups in total. The van der Waals surface area contributed by atoms with Crippen molar-refractivity contribution in [2.24, 2.45) is 0 Å². The van der Waals surface area contributed by atoms with Crippen molar-refractivity contribution in [1.29, 1.82) is 0 Å². The molecule has 2 aromatic rings. The smallest absolute Gasteiger partial charge is 0.387 e. The second kappa shape index (κ2) is 11.0. The first-order chi connectivity index (χ1) is 14.9. The van der Waals surface area contributed by atoms with Gasteiger partial charge in [0.25, 0.3) is 0 Å². The molecule has 0 aliphatic carbocycles. The Hall–Kier alpha value is -1.56. The average Bonchev–Trinajstić information content (AvgIpc) is 3.17. The molecule has 2 nitrogen and oxygen atoms in total. The molecule has 1 heterocycles. The van der Waals surface area contributed by atoms with Gasteiger partial charge in [0.2, 0.25) is 0 Å². The van der Waals surface area contributed by atoms with Gasteiger partial charge in [0.05, 0.1) is 4.88 Å². The van der Waals surface area contributed by atoms with Crippen LogP contribution in [0.1, 0.15) is 55.9 Å². The van der Waals surface area contributed by atoms with Crippen molar-refractivity contribution in [2.75, 3.05) is 13.2 Å². The van der Waals surface area contributed by atoms with Crippen LogP contribution in [0.4, 0.5) is 17.6 Å². The van der Waals surface area contributed by atoms with E-state index in [0.717, 1.165) is 45.5 Å². The molecule has 0 spiro atoms. The van der Waals surface area contributed by atoms with E-state index in [0.29, 0.717) is 5.56 Å². The Labute approximate surface area is 192 Å². The number of fused-ring (bicyclic) bond motifs is 1. The Bertz CT molecular complexity index is 996. The summed E-state index contributed by atoms with van der Waals surface area (Å²) in [5.74, 6) is -1.62. The first-order valence-electron chi connectivity index (χ1n) is 10.7. The van der Waals surface area contributed by atoms with Gasteiger partial charge in [-0.05, 0) is 62.1 Å². The highest BCUT2D eigenvalue weighted by molar-refractivity contribution is 7.72. The fourth-order valence-corrected chi connectivity index (χ4v) is 7.28. The molecule has 8 heteroatoms. The summed E-state index contributed by atoms with van der Waals surface area (Å²) in [6.07, 6.45) is 0.902. The van der Waals surface area contributed by atoms with Crippen molar-refractivity contribution in [3.05, 3.63) is 53.4 Å². The van der Waals surface area contributed by atoms with Gasteiger partial charge in [0.15, 0.2) is 5.91 Å². The van der Waals surface area contributed by atoms with Crippen molar-refractivity contribution in [3.63, 3.8) is 0 Å². The quantitative estimate of drug-likeness (QED) is 0.179. The first kappa shape index (κ1) is 26.7. The van der Waals surface area contributed by atoms with Gasteiger partial charge in [0, 0.05) is 29.9 Å². The van der Waals surface area contributed by atoms with E-state index in [1.165, 1.54) is 11.3 Å². The lowest BCUT2D eigenvalue weighted by atomic mass is 10.1. The number of alkyl halides is 4. The number of benzene rings is 1. The summed E-state index contributed by atoms with van der Waals surface area (Å²) in [5, 5.41) is 6.99. The zero-order valence-electron chi connectivity index (χ0n) is 19.0. The van der Waals surface area contributed by atoms with Gasteiger partial charge in [-0.15, -0.1) is 11.3 Å². The molecule has 0 bridgehead atoms. The monoisotopic (exact) mass is 488 g/mol. The maximum atomic E-state index is 15.9. The van der Waals surface area contributed by atoms with E-state index >= 15 is 4.39 Å². The predicted octanol–water partition coefficient (Wildman–Crippen LogP) is 8.10. The fourth-order valence-electron chi connectivity index (χ4n) is 3.43. The molecule has 1 aromatic carbocycles. The van der Waals surface area contributed by atoms with Gasteiger partial charge < -0.3 is 5.32 Å². The van der Waals surface area contributed by atoms with Crippen LogP contribution in [0.2, 0.25) is 0 Å². The summed E-state index contributed by atoms with van der Waals surface area (Å²) in [6.45, 7) is 11.9. The molecule has 0 aliphatic rings. The Kier molecular flexibility index (Phi) is 9.21. The van der Waals surface area contributed by atoms with Crippen LogP contribution in [0.3, 0.4) is 0 Å². The van der Waals surface area contributed by atoms with Crippen molar-refractivity contribution in [2.45, 2.75) is 57.7 Å². The van der Waals surface area contributed by atoms with E-state index in [2.05, 4.69) is 36.8 Å². The van der Waals surface area contributed by atoms with E-state index in [1.807, 2.05) is 19.1 Å². The summed E-state index contributed by atoms with van der Waals surface area (Å²) in [7, 11) is -1.31. The normalized spacial score (nSPS) is 15.8. The second-order valence-corrected chi connectivity index (χ2v) is 12.5. The number of rotatable bonds is 12. The zero-order valence-corrected chi connectivity index (χ0v) is 20.7. The van der Waals surface area contributed by atoms with Gasteiger partial charge >= 0.3 is 6.18 Å². The van der Waals surface area contributed by atoms with Gasteiger partial charge in [-0.25, -0.2) is 4.39 Å². The Morgan fingerprint density at radius 3 is 2.50 bits per heavy atom. The number of hydrogen-bond donors (Lipinski definition) is 2. The molecule has 0 aliphatic heterocycles. The Morgan fingerprint density at radius 1 is 1.22 bits per heavy atom. The van der Waals surface area contributed by atoms with Crippen molar-refractivity contribution >= 4 is 40.5 Å². The molecule has 3 unspecified atom stereocenters. The Morgan fingerprint density at radius 2 is 1.91 bits per heavy atom. The van der Waals surface area contributed by atoms with E-state index in [-0.39, 0.29) is 12.2 Å². The van der Waals surface area contributed by atoms with Gasteiger partial charge in [-0.2, -0.15) is 13.2 Å². The molecule has 1 aromatic heterocycles. The minimum atomic E-state index is -4.37. The maximum absolute atomic E-state index is 15.9. The molecule has 32 heavy (non-hydrogen) atoms. The largest absolute Gasteiger partial charge is 0.389 e. The number of hydrogen-bond acceptors (Lipinski definition) is 3. The van der Waals surface area contributed by atoms with Crippen LogP contribution in [-0.4, -0.2) is 31.7 Å².